The molecular weight excluding hydrogens is 364 g/mol. The number of amides is 1. The molecule has 0 radical (unpaired) electrons. The molecule has 144 valence electrons. The van der Waals surface area contributed by atoms with Gasteiger partial charge in [0.2, 0.25) is 17.5 Å². The number of aliphatic hydroxyl groups is 1. The van der Waals surface area contributed by atoms with E-state index in [0.717, 1.165) is 11.8 Å². The van der Waals surface area contributed by atoms with Crippen LogP contribution in [0.4, 0.5) is 11.4 Å². The fourth-order valence-electron chi connectivity index (χ4n) is 3.38. The molecular formula is C20H18N2O6. The number of esters is 1. The van der Waals surface area contributed by atoms with Crippen LogP contribution in [0.25, 0.3) is 0 Å². The molecule has 2 aromatic rings. The number of carbonyl (C=O) groups excluding carboxylic acids is 4. The molecule has 0 fully saturated rings. The number of ketones is 2. The fourth-order valence-corrected chi connectivity index (χ4v) is 3.38. The number of anilines is 2. The zero-order valence-corrected chi connectivity index (χ0v) is 15.2. The number of rotatable bonds is 4. The van der Waals surface area contributed by atoms with Gasteiger partial charge in [-0.05, 0) is 18.2 Å². The average molecular weight is 382 g/mol. The van der Waals surface area contributed by atoms with Gasteiger partial charge in [0.15, 0.2) is 6.04 Å². The first-order chi connectivity index (χ1) is 13.2. The summed E-state index contributed by atoms with van der Waals surface area (Å²) in [5.74, 6) is -6.14. The Labute approximate surface area is 160 Å². The van der Waals surface area contributed by atoms with Crippen molar-refractivity contribution in [2.75, 3.05) is 10.6 Å². The third kappa shape index (κ3) is 2.93. The number of carbonyl (C=O) groups is 4. The average Bonchev–Trinajstić information content (AvgIpc) is 2.89. The number of para-hydroxylation sites is 2. The van der Waals surface area contributed by atoms with Crippen molar-refractivity contribution in [1.29, 1.82) is 0 Å². The van der Waals surface area contributed by atoms with E-state index in [1.807, 2.05) is 0 Å². The van der Waals surface area contributed by atoms with Crippen LogP contribution < -0.4 is 10.6 Å². The first kappa shape index (κ1) is 19.2. The standard InChI is InChI=1S/C20H18N2O6/c1-11(23)22-16-10-6-4-8-14(16)20(27,28-12(2)24)19(22)18(26)17(25)13-7-3-5-9-15(13)21/h3-10,19,27H,21H2,1-2H3. The van der Waals surface area contributed by atoms with Crippen LogP contribution in [0.15, 0.2) is 48.5 Å². The van der Waals surface area contributed by atoms with Gasteiger partial charge in [-0.3, -0.25) is 24.1 Å². The summed E-state index contributed by atoms with van der Waals surface area (Å²) in [6.45, 7) is 2.23. The first-order valence-corrected chi connectivity index (χ1v) is 8.42. The smallest absolute Gasteiger partial charge is 0.305 e. The van der Waals surface area contributed by atoms with Gasteiger partial charge in [-0.25, -0.2) is 0 Å². The van der Waals surface area contributed by atoms with Crippen LogP contribution in [0, 0.1) is 0 Å². The predicted octanol–water partition coefficient (Wildman–Crippen LogP) is 1.16. The van der Waals surface area contributed by atoms with Gasteiger partial charge >= 0.3 is 5.97 Å². The van der Waals surface area contributed by atoms with E-state index in [1.165, 1.54) is 37.3 Å². The minimum absolute atomic E-state index is 0.0348. The number of benzene rings is 2. The number of nitrogen functional groups attached to an aromatic ring is 1. The second-order valence-corrected chi connectivity index (χ2v) is 6.38. The number of Topliss-reactive ketones (excluding diaryl/α,β-unsaturated/α-hetero) is 2. The molecule has 0 saturated heterocycles. The van der Waals surface area contributed by atoms with E-state index in [-0.39, 0.29) is 22.5 Å². The number of nitrogens with two attached hydrogens (primary N) is 1. The summed E-state index contributed by atoms with van der Waals surface area (Å²) in [4.78, 5) is 50.9. The molecule has 3 N–H and O–H groups in total. The summed E-state index contributed by atoms with van der Waals surface area (Å²) < 4.78 is 5.07. The Balaban J connectivity index is 2.16. The number of hydrogen-bond acceptors (Lipinski definition) is 7. The topological polar surface area (TPSA) is 127 Å². The van der Waals surface area contributed by atoms with Crippen molar-refractivity contribution in [1.82, 2.24) is 0 Å². The van der Waals surface area contributed by atoms with Crippen LogP contribution in [-0.4, -0.2) is 34.6 Å². The molecule has 1 heterocycles. The maximum atomic E-state index is 13.1. The SMILES string of the molecule is CC(=O)OC1(O)c2ccccc2N(C(C)=O)C1C(=O)C(=O)c1ccccc1N. The Morgan fingerprint density at radius 3 is 2.25 bits per heavy atom. The molecule has 3 rings (SSSR count). The van der Waals surface area contributed by atoms with Crippen molar-refractivity contribution in [3.05, 3.63) is 59.7 Å². The summed E-state index contributed by atoms with van der Waals surface area (Å²) in [6, 6.07) is 10.2. The number of ether oxygens (including phenoxy) is 1. The Bertz CT molecular complexity index is 1000. The minimum Gasteiger partial charge on any atom is -0.426 e. The highest BCUT2D eigenvalue weighted by Crippen LogP contribution is 2.45. The quantitative estimate of drug-likeness (QED) is 0.267. The zero-order valence-electron chi connectivity index (χ0n) is 15.2. The summed E-state index contributed by atoms with van der Waals surface area (Å²) in [6.07, 6.45) is 0. The monoisotopic (exact) mass is 382 g/mol. The van der Waals surface area contributed by atoms with Gasteiger partial charge in [-0.2, -0.15) is 0 Å². The van der Waals surface area contributed by atoms with Crippen LogP contribution in [0.1, 0.15) is 29.8 Å². The van der Waals surface area contributed by atoms with E-state index in [9.17, 15) is 24.3 Å². The molecule has 2 aromatic carbocycles. The fraction of sp³-hybridized carbons (Fsp3) is 0.200. The van der Waals surface area contributed by atoms with Gasteiger partial charge in [0, 0.05) is 30.7 Å². The molecule has 1 amide bonds. The third-order valence-corrected chi connectivity index (χ3v) is 4.49. The molecule has 0 aromatic heterocycles. The number of hydrogen-bond donors (Lipinski definition) is 2. The van der Waals surface area contributed by atoms with Crippen LogP contribution in [0.5, 0.6) is 0 Å². The maximum absolute atomic E-state index is 13.1. The Morgan fingerprint density at radius 1 is 1.04 bits per heavy atom. The molecule has 0 bridgehead atoms. The van der Waals surface area contributed by atoms with Gasteiger partial charge < -0.3 is 15.6 Å². The largest absolute Gasteiger partial charge is 0.426 e. The molecule has 1 aliphatic rings. The lowest BCUT2D eigenvalue weighted by molar-refractivity contribution is -0.216. The van der Waals surface area contributed by atoms with Crippen molar-refractivity contribution >= 4 is 34.8 Å². The summed E-state index contributed by atoms with van der Waals surface area (Å²) in [7, 11) is 0. The third-order valence-electron chi connectivity index (χ3n) is 4.49. The normalized spacial score (nSPS) is 20.4. The van der Waals surface area contributed by atoms with E-state index < -0.39 is 35.3 Å². The van der Waals surface area contributed by atoms with E-state index in [1.54, 1.807) is 18.2 Å². The van der Waals surface area contributed by atoms with Crippen molar-refractivity contribution in [2.45, 2.75) is 25.7 Å². The molecule has 28 heavy (non-hydrogen) atoms. The Kier molecular flexibility index (Phi) is 4.74. The first-order valence-electron chi connectivity index (χ1n) is 8.42. The molecule has 0 spiro atoms. The second-order valence-electron chi connectivity index (χ2n) is 6.38. The summed E-state index contributed by atoms with van der Waals surface area (Å²) in [5, 5.41) is 11.2. The van der Waals surface area contributed by atoms with Gasteiger partial charge in [0.1, 0.15) is 0 Å². The van der Waals surface area contributed by atoms with Gasteiger partial charge in [0.05, 0.1) is 5.69 Å². The molecule has 2 atom stereocenters. The second kappa shape index (κ2) is 6.90. The van der Waals surface area contributed by atoms with E-state index in [2.05, 4.69) is 0 Å². The lowest BCUT2D eigenvalue weighted by atomic mass is 9.93. The Morgan fingerprint density at radius 2 is 1.64 bits per heavy atom. The van der Waals surface area contributed by atoms with Crippen molar-refractivity contribution in [2.24, 2.45) is 0 Å². The molecule has 1 aliphatic heterocycles. The van der Waals surface area contributed by atoms with Crippen molar-refractivity contribution < 1.29 is 29.0 Å². The summed E-state index contributed by atoms with van der Waals surface area (Å²) in [5.41, 5.74) is 5.99. The highest BCUT2D eigenvalue weighted by molar-refractivity contribution is 6.47. The number of fused-ring (bicyclic) bond motifs is 1. The van der Waals surface area contributed by atoms with Crippen LogP contribution in [0.2, 0.25) is 0 Å². The molecule has 2 unspecified atom stereocenters. The molecule has 0 aliphatic carbocycles. The van der Waals surface area contributed by atoms with Gasteiger partial charge in [-0.1, -0.05) is 30.3 Å². The van der Waals surface area contributed by atoms with Crippen molar-refractivity contribution in [3.8, 4) is 0 Å². The van der Waals surface area contributed by atoms with Crippen LogP contribution in [0.3, 0.4) is 0 Å². The lowest BCUT2D eigenvalue weighted by Crippen LogP contribution is -2.55. The van der Waals surface area contributed by atoms with E-state index in [0.29, 0.717) is 0 Å². The lowest BCUT2D eigenvalue weighted by Gasteiger charge is -2.31. The highest BCUT2D eigenvalue weighted by atomic mass is 16.7. The summed E-state index contributed by atoms with van der Waals surface area (Å²) >= 11 is 0. The van der Waals surface area contributed by atoms with E-state index in [4.69, 9.17) is 10.5 Å². The number of nitrogens with zero attached hydrogens (tertiary/aromatic N) is 1. The van der Waals surface area contributed by atoms with E-state index >= 15 is 0 Å². The molecule has 8 nitrogen and oxygen atoms in total. The van der Waals surface area contributed by atoms with Gasteiger partial charge in [0.25, 0.3) is 5.79 Å². The molecule has 8 heteroatoms. The predicted molar refractivity (Wildman–Crippen MR) is 99.2 cm³/mol. The zero-order chi connectivity index (χ0) is 20.6. The minimum atomic E-state index is -2.51. The maximum Gasteiger partial charge on any atom is 0.305 e. The Hall–Kier alpha value is -3.52. The molecule has 0 saturated carbocycles. The highest BCUT2D eigenvalue weighted by Gasteiger charge is 2.59. The van der Waals surface area contributed by atoms with Crippen LogP contribution in [-0.2, 0) is 24.9 Å². The van der Waals surface area contributed by atoms with Crippen LogP contribution >= 0.6 is 0 Å². The van der Waals surface area contributed by atoms with Crippen molar-refractivity contribution in [3.63, 3.8) is 0 Å². The van der Waals surface area contributed by atoms with Gasteiger partial charge in [-0.15, -0.1) is 0 Å².